The molecule has 0 saturated carbocycles. The van der Waals surface area contributed by atoms with E-state index in [2.05, 4.69) is 20.8 Å². The number of anilines is 1. The number of hydrogen-bond donors (Lipinski definition) is 2. The van der Waals surface area contributed by atoms with Crippen LogP contribution in [0.2, 0.25) is 10.0 Å². The molecule has 0 bridgehead atoms. The zero-order valence-corrected chi connectivity index (χ0v) is 19.8. The molecule has 1 unspecified atom stereocenters. The molecule has 10 heteroatoms. The second-order valence-corrected chi connectivity index (χ2v) is 9.07. The molecule has 1 heterocycles. The van der Waals surface area contributed by atoms with Crippen molar-refractivity contribution in [1.82, 2.24) is 15.5 Å². The molecule has 2 amide bonds. The van der Waals surface area contributed by atoms with Crippen LogP contribution >= 0.6 is 34.5 Å². The van der Waals surface area contributed by atoms with E-state index in [1.54, 1.807) is 18.2 Å². The molecule has 0 aliphatic rings. The summed E-state index contributed by atoms with van der Waals surface area (Å²) in [6.07, 6.45) is 0.243. The number of amides is 2. The summed E-state index contributed by atoms with van der Waals surface area (Å²) in [5, 5.41) is 14.9. The van der Waals surface area contributed by atoms with Crippen molar-refractivity contribution < 1.29 is 14.0 Å². The molecule has 3 aromatic carbocycles. The predicted molar refractivity (Wildman–Crippen MR) is 132 cm³/mol. The molecule has 1 atom stereocenters. The molecule has 4 rings (SSSR count). The maximum Gasteiger partial charge on any atom is 0.253 e. The predicted octanol–water partition coefficient (Wildman–Crippen LogP) is 5.63. The number of carbonyl (C=O) groups excluding carboxylic acids is 2. The fourth-order valence-corrected chi connectivity index (χ4v) is 4.39. The number of benzene rings is 3. The van der Waals surface area contributed by atoms with E-state index < -0.39 is 17.9 Å². The van der Waals surface area contributed by atoms with Gasteiger partial charge in [0.15, 0.2) is 0 Å². The standard InChI is InChI=1S/C24H17Cl2FN4O2S/c25-16-8-11-18(19(26)13-16)21(32)28-20(12-14-4-2-1-3-5-14)22(33)29-24-31-30-23(34-24)15-6-9-17(27)10-7-15/h1-11,13,20H,12H2,(H,28,32)(H,29,31,33). The van der Waals surface area contributed by atoms with Gasteiger partial charge in [-0.2, -0.15) is 0 Å². The Kier molecular flexibility index (Phi) is 7.52. The van der Waals surface area contributed by atoms with E-state index in [9.17, 15) is 14.0 Å². The second-order valence-electron chi connectivity index (χ2n) is 7.25. The van der Waals surface area contributed by atoms with E-state index >= 15 is 0 Å². The number of nitrogens with zero attached hydrogens (tertiary/aromatic N) is 2. The Balaban J connectivity index is 1.53. The summed E-state index contributed by atoms with van der Waals surface area (Å²) in [5.74, 6) is -1.34. The maximum absolute atomic E-state index is 13.2. The van der Waals surface area contributed by atoms with Gasteiger partial charge in [-0.15, -0.1) is 10.2 Å². The number of rotatable bonds is 7. The van der Waals surface area contributed by atoms with Gasteiger partial charge >= 0.3 is 0 Å². The van der Waals surface area contributed by atoms with Crippen LogP contribution in [0.3, 0.4) is 0 Å². The zero-order valence-electron chi connectivity index (χ0n) is 17.5. The molecule has 34 heavy (non-hydrogen) atoms. The Morgan fingerprint density at radius 1 is 0.971 bits per heavy atom. The number of halogens is 3. The highest BCUT2D eigenvalue weighted by Crippen LogP contribution is 2.27. The van der Waals surface area contributed by atoms with Crippen molar-refractivity contribution in [2.45, 2.75) is 12.5 Å². The minimum absolute atomic E-state index is 0.178. The molecule has 0 spiro atoms. The average Bonchev–Trinajstić information content (AvgIpc) is 3.28. The Morgan fingerprint density at radius 3 is 2.41 bits per heavy atom. The lowest BCUT2D eigenvalue weighted by molar-refractivity contribution is -0.118. The fraction of sp³-hybridized carbons (Fsp3) is 0.0833. The lowest BCUT2D eigenvalue weighted by Crippen LogP contribution is -2.45. The number of aromatic nitrogens is 2. The summed E-state index contributed by atoms with van der Waals surface area (Å²) < 4.78 is 13.2. The first-order chi connectivity index (χ1) is 16.4. The normalized spacial score (nSPS) is 11.6. The number of hydrogen-bond acceptors (Lipinski definition) is 5. The third kappa shape index (κ3) is 5.96. The highest BCUT2D eigenvalue weighted by atomic mass is 35.5. The molecule has 0 saturated heterocycles. The number of carbonyl (C=O) groups is 2. The van der Waals surface area contributed by atoms with Gasteiger partial charge in [0.1, 0.15) is 16.9 Å². The molecular weight excluding hydrogens is 498 g/mol. The highest BCUT2D eigenvalue weighted by molar-refractivity contribution is 7.18. The third-order valence-corrected chi connectivity index (χ3v) is 6.26. The Bertz CT molecular complexity index is 1320. The molecular formula is C24H17Cl2FN4O2S. The third-order valence-electron chi connectivity index (χ3n) is 4.83. The van der Waals surface area contributed by atoms with E-state index in [1.807, 2.05) is 30.3 Å². The van der Waals surface area contributed by atoms with Crippen molar-refractivity contribution in [3.05, 3.63) is 99.8 Å². The van der Waals surface area contributed by atoms with Gasteiger partial charge < -0.3 is 5.32 Å². The number of nitrogens with one attached hydrogen (secondary N) is 2. The van der Waals surface area contributed by atoms with Crippen LogP contribution in [-0.4, -0.2) is 28.1 Å². The quantitative estimate of drug-likeness (QED) is 0.334. The van der Waals surface area contributed by atoms with Crippen molar-refractivity contribution in [2.24, 2.45) is 0 Å². The molecule has 6 nitrogen and oxygen atoms in total. The second kappa shape index (κ2) is 10.7. The van der Waals surface area contributed by atoms with Gasteiger partial charge in [-0.05, 0) is 48.0 Å². The first-order valence-electron chi connectivity index (χ1n) is 10.1. The minimum atomic E-state index is -0.917. The Hall–Kier alpha value is -3.33. The topological polar surface area (TPSA) is 84.0 Å². The smallest absolute Gasteiger partial charge is 0.253 e. The van der Waals surface area contributed by atoms with Crippen molar-refractivity contribution in [2.75, 3.05) is 5.32 Å². The molecule has 0 aliphatic carbocycles. The Morgan fingerprint density at radius 2 is 1.71 bits per heavy atom. The van der Waals surface area contributed by atoms with Gasteiger partial charge in [0.2, 0.25) is 11.0 Å². The van der Waals surface area contributed by atoms with Gasteiger partial charge in [0.25, 0.3) is 5.91 Å². The lowest BCUT2D eigenvalue weighted by atomic mass is 10.0. The van der Waals surface area contributed by atoms with Gasteiger partial charge in [-0.1, -0.05) is 64.9 Å². The van der Waals surface area contributed by atoms with Gasteiger partial charge in [0, 0.05) is 17.0 Å². The summed E-state index contributed by atoms with van der Waals surface area (Å²) in [7, 11) is 0. The first-order valence-corrected chi connectivity index (χ1v) is 11.7. The molecule has 1 aromatic heterocycles. The summed E-state index contributed by atoms with van der Waals surface area (Å²) >= 11 is 13.2. The van der Waals surface area contributed by atoms with Gasteiger partial charge in [-0.3, -0.25) is 14.9 Å². The van der Waals surface area contributed by atoms with Crippen LogP contribution in [0.15, 0.2) is 72.8 Å². The molecule has 2 N–H and O–H groups in total. The maximum atomic E-state index is 13.2. The Labute approximate surface area is 208 Å². The molecule has 0 fully saturated rings. The molecule has 172 valence electrons. The highest BCUT2D eigenvalue weighted by Gasteiger charge is 2.24. The minimum Gasteiger partial charge on any atom is -0.340 e. The SMILES string of the molecule is O=C(NC(Cc1ccccc1)C(=O)Nc1nnc(-c2ccc(F)cc2)s1)c1ccc(Cl)cc1Cl. The van der Waals surface area contributed by atoms with Gasteiger partial charge in [-0.25, -0.2) is 4.39 Å². The van der Waals surface area contributed by atoms with Crippen molar-refractivity contribution in [3.8, 4) is 10.6 Å². The van der Waals surface area contributed by atoms with E-state index in [-0.39, 0.29) is 28.0 Å². The molecule has 4 aromatic rings. The van der Waals surface area contributed by atoms with Crippen molar-refractivity contribution >= 4 is 51.5 Å². The zero-order chi connectivity index (χ0) is 24.1. The molecule has 0 aliphatic heterocycles. The fourth-order valence-electron chi connectivity index (χ4n) is 3.14. The summed E-state index contributed by atoms with van der Waals surface area (Å²) in [4.78, 5) is 26.0. The van der Waals surface area contributed by atoms with Crippen LogP contribution in [0.4, 0.5) is 9.52 Å². The van der Waals surface area contributed by atoms with Crippen LogP contribution in [0, 0.1) is 5.82 Å². The monoisotopic (exact) mass is 514 g/mol. The van der Waals surface area contributed by atoms with Crippen molar-refractivity contribution in [3.63, 3.8) is 0 Å². The van der Waals surface area contributed by atoms with Crippen LogP contribution in [0.1, 0.15) is 15.9 Å². The summed E-state index contributed by atoms with van der Waals surface area (Å²) in [6.45, 7) is 0. The van der Waals surface area contributed by atoms with Crippen molar-refractivity contribution in [1.29, 1.82) is 0 Å². The van der Waals surface area contributed by atoms with E-state index in [0.717, 1.165) is 16.9 Å². The largest absolute Gasteiger partial charge is 0.340 e. The van der Waals surface area contributed by atoms with Gasteiger partial charge in [0.05, 0.1) is 10.6 Å². The average molecular weight is 515 g/mol. The first kappa shape index (κ1) is 23.8. The van der Waals surface area contributed by atoms with E-state index in [4.69, 9.17) is 23.2 Å². The van der Waals surface area contributed by atoms with E-state index in [0.29, 0.717) is 15.6 Å². The summed E-state index contributed by atoms with van der Waals surface area (Å²) in [5.41, 5.74) is 1.73. The summed E-state index contributed by atoms with van der Waals surface area (Å²) in [6, 6.07) is 18.7. The van der Waals surface area contributed by atoms with Crippen LogP contribution in [-0.2, 0) is 11.2 Å². The lowest BCUT2D eigenvalue weighted by Gasteiger charge is -2.18. The molecule has 0 radical (unpaired) electrons. The van der Waals surface area contributed by atoms with E-state index in [1.165, 1.54) is 24.3 Å². The van der Waals surface area contributed by atoms with Crippen LogP contribution in [0.5, 0.6) is 0 Å². The van der Waals surface area contributed by atoms with Crippen LogP contribution in [0.25, 0.3) is 10.6 Å². The van der Waals surface area contributed by atoms with Crippen LogP contribution < -0.4 is 10.6 Å².